The van der Waals surface area contributed by atoms with Crippen LogP contribution in [-0.4, -0.2) is 17.9 Å². The standard InChI is InChI=1S/C21H29FO2/c22-14-13-20(23)17-9-11-19(12-10-17)21(18-7-4-8-18)24-15-16-5-2-1-3-6-16/h1-3,5-6,17,19-20,23H,4,7-15H2. The molecule has 2 fully saturated rings. The summed E-state index contributed by atoms with van der Waals surface area (Å²) >= 11 is 0. The molecular weight excluding hydrogens is 303 g/mol. The number of hydrogen-bond donors (Lipinski definition) is 1. The molecule has 0 radical (unpaired) electrons. The third-order valence-electron chi connectivity index (χ3n) is 5.63. The lowest BCUT2D eigenvalue weighted by atomic mass is 9.75. The zero-order chi connectivity index (χ0) is 16.8. The van der Waals surface area contributed by atoms with Crippen molar-refractivity contribution in [3.8, 4) is 0 Å². The number of benzene rings is 1. The molecule has 2 aliphatic rings. The van der Waals surface area contributed by atoms with Gasteiger partial charge in [0.1, 0.15) is 6.61 Å². The lowest BCUT2D eigenvalue weighted by Gasteiger charge is -2.34. The third kappa shape index (κ3) is 4.38. The molecule has 2 saturated carbocycles. The predicted molar refractivity (Wildman–Crippen MR) is 94.2 cm³/mol. The quantitative estimate of drug-likeness (QED) is 0.698. The van der Waals surface area contributed by atoms with Crippen LogP contribution in [0.2, 0.25) is 0 Å². The van der Waals surface area contributed by atoms with Crippen LogP contribution in [-0.2, 0) is 11.3 Å². The summed E-state index contributed by atoms with van der Waals surface area (Å²) in [6.45, 7) is 0.223. The first kappa shape index (κ1) is 17.5. The van der Waals surface area contributed by atoms with Gasteiger partial charge in [0, 0.05) is 12.3 Å². The van der Waals surface area contributed by atoms with Crippen LogP contribution in [0.3, 0.4) is 0 Å². The van der Waals surface area contributed by atoms with Crippen LogP contribution >= 0.6 is 0 Å². The number of rotatable bonds is 7. The summed E-state index contributed by atoms with van der Waals surface area (Å²) in [5.74, 6) is 1.97. The highest BCUT2D eigenvalue weighted by Crippen LogP contribution is 2.41. The number of halogens is 1. The van der Waals surface area contributed by atoms with Crippen LogP contribution < -0.4 is 0 Å². The summed E-state index contributed by atoms with van der Waals surface area (Å²) in [5, 5.41) is 10.0. The fourth-order valence-corrected chi connectivity index (χ4v) is 3.96. The van der Waals surface area contributed by atoms with Gasteiger partial charge in [-0.25, -0.2) is 0 Å². The fraction of sp³-hybridized carbons (Fsp3) is 0.619. The van der Waals surface area contributed by atoms with E-state index in [0.717, 1.165) is 25.7 Å². The van der Waals surface area contributed by atoms with Crippen molar-refractivity contribution in [2.24, 2.45) is 11.8 Å². The van der Waals surface area contributed by atoms with Crippen molar-refractivity contribution >= 4 is 0 Å². The van der Waals surface area contributed by atoms with Gasteiger partial charge in [0.25, 0.3) is 0 Å². The molecule has 0 bridgehead atoms. The second-order valence-electron chi connectivity index (χ2n) is 7.25. The smallest absolute Gasteiger partial charge is 0.113 e. The van der Waals surface area contributed by atoms with E-state index >= 15 is 0 Å². The van der Waals surface area contributed by atoms with Crippen LogP contribution in [0.15, 0.2) is 41.7 Å². The Balaban J connectivity index is 1.58. The zero-order valence-electron chi connectivity index (χ0n) is 14.4. The molecule has 3 heteroatoms. The van der Waals surface area contributed by atoms with Crippen molar-refractivity contribution in [1.82, 2.24) is 0 Å². The molecular formula is C21H29FO2. The second kappa shape index (κ2) is 8.66. The van der Waals surface area contributed by atoms with Crippen molar-refractivity contribution in [2.75, 3.05) is 6.67 Å². The van der Waals surface area contributed by atoms with Crippen LogP contribution in [0.25, 0.3) is 0 Å². The van der Waals surface area contributed by atoms with E-state index in [1.54, 1.807) is 0 Å². The molecule has 24 heavy (non-hydrogen) atoms. The Kier molecular flexibility index (Phi) is 6.30. The molecule has 1 aromatic carbocycles. The van der Waals surface area contributed by atoms with E-state index in [1.807, 2.05) is 18.2 Å². The summed E-state index contributed by atoms with van der Waals surface area (Å²) < 4.78 is 18.7. The second-order valence-corrected chi connectivity index (χ2v) is 7.25. The first-order chi connectivity index (χ1) is 11.8. The lowest BCUT2D eigenvalue weighted by molar-refractivity contribution is 0.0535. The fourth-order valence-electron chi connectivity index (χ4n) is 3.96. The Bertz CT molecular complexity index is 526. The van der Waals surface area contributed by atoms with E-state index in [1.165, 1.54) is 36.2 Å². The summed E-state index contributed by atoms with van der Waals surface area (Å²) in [6, 6.07) is 10.3. The monoisotopic (exact) mass is 332 g/mol. The van der Waals surface area contributed by atoms with E-state index in [-0.39, 0.29) is 12.3 Å². The van der Waals surface area contributed by atoms with Gasteiger partial charge in [-0.15, -0.1) is 0 Å². The van der Waals surface area contributed by atoms with Crippen molar-refractivity contribution in [3.63, 3.8) is 0 Å². The minimum Gasteiger partial charge on any atom is -0.493 e. The van der Waals surface area contributed by atoms with Gasteiger partial charge in [-0.3, -0.25) is 4.39 Å². The molecule has 132 valence electrons. The summed E-state index contributed by atoms with van der Waals surface area (Å²) in [4.78, 5) is 0. The average Bonchev–Trinajstić information content (AvgIpc) is 2.58. The lowest BCUT2D eigenvalue weighted by Crippen LogP contribution is -2.28. The van der Waals surface area contributed by atoms with Gasteiger partial charge in [-0.05, 0) is 62.0 Å². The van der Waals surface area contributed by atoms with Gasteiger partial charge < -0.3 is 9.84 Å². The topological polar surface area (TPSA) is 29.5 Å². The predicted octanol–water partition coefficient (Wildman–Crippen LogP) is 5.17. The van der Waals surface area contributed by atoms with Crippen LogP contribution in [0.5, 0.6) is 0 Å². The molecule has 0 aromatic heterocycles. The normalized spacial score (nSPS) is 25.0. The minimum absolute atomic E-state index is 0.263. The molecule has 0 saturated heterocycles. The first-order valence-corrected chi connectivity index (χ1v) is 9.40. The summed E-state index contributed by atoms with van der Waals surface area (Å²) in [5.41, 5.74) is 2.71. The largest absolute Gasteiger partial charge is 0.493 e. The van der Waals surface area contributed by atoms with E-state index < -0.39 is 12.8 Å². The Labute approximate surface area is 144 Å². The number of alkyl halides is 1. The number of aliphatic hydroxyl groups excluding tert-OH is 1. The number of ether oxygens (including phenoxy) is 1. The van der Waals surface area contributed by atoms with Crippen LogP contribution in [0.1, 0.15) is 56.9 Å². The summed E-state index contributed by atoms with van der Waals surface area (Å²) in [6.07, 6.45) is 7.52. The number of aliphatic hydroxyl groups is 1. The zero-order valence-corrected chi connectivity index (χ0v) is 14.4. The number of hydrogen-bond acceptors (Lipinski definition) is 2. The highest BCUT2D eigenvalue weighted by atomic mass is 19.1. The van der Waals surface area contributed by atoms with Crippen LogP contribution in [0, 0.1) is 11.8 Å². The van der Waals surface area contributed by atoms with Crippen molar-refractivity contribution in [1.29, 1.82) is 0 Å². The van der Waals surface area contributed by atoms with Crippen molar-refractivity contribution in [3.05, 3.63) is 47.2 Å². The summed E-state index contributed by atoms with van der Waals surface area (Å²) in [7, 11) is 0. The molecule has 1 aromatic rings. The van der Waals surface area contributed by atoms with E-state index in [9.17, 15) is 9.50 Å². The van der Waals surface area contributed by atoms with Crippen LogP contribution in [0.4, 0.5) is 4.39 Å². The molecule has 0 amide bonds. The molecule has 2 nitrogen and oxygen atoms in total. The van der Waals surface area contributed by atoms with E-state index in [0.29, 0.717) is 12.5 Å². The van der Waals surface area contributed by atoms with Gasteiger partial charge >= 0.3 is 0 Å². The van der Waals surface area contributed by atoms with Crippen molar-refractivity contribution < 1.29 is 14.2 Å². The molecule has 1 unspecified atom stereocenters. The van der Waals surface area contributed by atoms with Gasteiger partial charge in [0.2, 0.25) is 0 Å². The van der Waals surface area contributed by atoms with Gasteiger partial charge in [0.15, 0.2) is 0 Å². The maximum atomic E-state index is 12.4. The molecule has 0 spiro atoms. The maximum Gasteiger partial charge on any atom is 0.113 e. The first-order valence-electron chi connectivity index (χ1n) is 9.40. The number of allylic oxidation sites excluding steroid dienone is 2. The SMILES string of the molecule is OC(CCF)C1CCC(C(OCc2ccccc2)=C2CCC2)CC1. The molecule has 2 aliphatic carbocycles. The molecule has 0 heterocycles. The average molecular weight is 332 g/mol. The van der Waals surface area contributed by atoms with E-state index in [4.69, 9.17) is 4.74 Å². The van der Waals surface area contributed by atoms with Gasteiger partial charge in [-0.2, -0.15) is 0 Å². The van der Waals surface area contributed by atoms with Crippen molar-refractivity contribution in [2.45, 2.75) is 64.1 Å². The molecule has 3 rings (SSSR count). The third-order valence-corrected chi connectivity index (χ3v) is 5.63. The Morgan fingerprint density at radius 2 is 1.83 bits per heavy atom. The Morgan fingerprint density at radius 1 is 1.12 bits per heavy atom. The highest BCUT2D eigenvalue weighted by molar-refractivity contribution is 5.19. The maximum absolute atomic E-state index is 12.4. The molecule has 0 aliphatic heterocycles. The molecule has 1 atom stereocenters. The highest BCUT2D eigenvalue weighted by Gasteiger charge is 2.31. The molecule has 1 N–H and O–H groups in total. The van der Waals surface area contributed by atoms with Gasteiger partial charge in [0.05, 0.1) is 18.5 Å². The van der Waals surface area contributed by atoms with E-state index in [2.05, 4.69) is 12.1 Å². The Morgan fingerprint density at radius 3 is 2.42 bits per heavy atom. The Hall–Kier alpha value is -1.35. The van der Waals surface area contributed by atoms with Gasteiger partial charge in [-0.1, -0.05) is 30.3 Å². The minimum atomic E-state index is -0.471.